The van der Waals surface area contributed by atoms with E-state index >= 15 is 0 Å². The van der Waals surface area contributed by atoms with Gasteiger partial charge in [0.05, 0.1) is 6.10 Å². The Balaban J connectivity index is 1.64. The van der Waals surface area contributed by atoms with Gasteiger partial charge in [-0.15, -0.1) is 0 Å². The van der Waals surface area contributed by atoms with Crippen LogP contribution in [0.2, 0.25) is 0 Å². The third-order valence-electron chi connectivity index (χ3n) is 3.88. The molecule has 0 radical (unpaired) electrons. The van der Waals surface area contributed by atoms with Gasteiger partial charge in [0.1, 0.15) is 0 Å². The summed E-state index contributed by atoms with van der Waals surface area (Å²) in [5.74, 6) is 0.924. The predicted octanol–water partition coefficient (Wildman–Crippen LogP) is 1.49. The van der Waals surface area contributed by atoms with Gasteiger partial charge in [0.15, 0.2) is 0 Å². The van der Waals surface area contributed by atoms with Crippen LogP contribution in [-0.2, 0) is 4.74 Å². The highest BCUT2D eigenvalue weighted by molar-refractivity contribution is 4.76. The highest BCUT2D eigenvalue weighted by Crippen LogP contribution is 2.17. The van der Waals surface area contributed by atoms with Crippen LogP contribution in [0.4, 0.5) is 0 Å². The minimum Gasteiger partial charge on any atom is -0.377 e. The van der Waals surface area contributed by atoms with E-state index in [0.717, 1.165) is 19.1 Å². The first kappa shape index (κ1) is 12.3. The zero-order valence-electron chi connectivity index (χ0n) is 10.6. The molecule has 0 saturated carbocycles. The van der Waals surface area contributed by atoms with Gasteiger partial charge in [0.2, 0.25) is 0 Å². The van der Waals surface area contributed by atoms with Crippen LogP contribution in [0.25, 0.3) is 0 Å². The van der Waals surface area contributed by atoms with E-state index in [9.17, 15) is 0 Å². The van der Waals surface area contributed by atoms with Gasteiger partial charge in [-0.2, -0.15) is 0 Å². The van der Waals surface area contributed by atoms with Crippen LogP contribution in [0.5, 0.6) is 0 Å². The van der Waals surface area contributed by atoms with Crippen LogP contribution in [0.3, 0.4) is 0 Å². The van der Waals surface area contributed by atoms with Crippen LogP contribution in [0.15, 0.2) is 0 Å². The third-order valence-corrected chi connectivity index (χ3v) is 3.88. The molecular formula is C13H26N2O. The molecule has 0 bridgehead atoms. The summed E-state index contributed by atoms with van der Waals surface area (Å²) in [5.41, 5.74) is 0. The number of hydrogen-bond donors (Lipinski definition) is 1. The highest BCUT2D eigenvalue weighted by Gasteiger charge is 2.21. The molecule has 0 amide bonds. The molecule has 2 unspecified atom stereocenters. The molecule has 2 fully saturated rings. The van der Waals surface area contributed by atoms with E-state index in [1.54, 1.807) is 0 Å². The molecule has 2 saturated heterocycles. The average Bonchev–Trinajstić information content (AvgIpc) is 2.80. The minimum atomic E-state index is 0.500. The van der Waals surface area contributed by atoms with Gasteiger partial charge in [-0.3, -0.25) is 0 Å². The smallest absolute Gasteiger partial charge is 0.0702 e. The van der Waals surface area contributed by atoms with E-state index in [0.29, 0.717) is 6.10 Å². The average molecular weight is 226 g/mol. The number of likely N-dealkylation sites (tertiary alicyclic amines) is 1. The van der Waals surface area contributed by atoms with E-state index in [1.807, 2.05) is 0 Å². The van der Waals surface area contributed by atoms with Crippen LogP contribution >= 0.6 is 0 Å². The van der Waals surface area contributed by atoms with Crippen molar-refractivity contribution in [1.82, 2.24) is 10.2 Å². The molecule has 94 valence electrons. The van der Waals surface area contributed by atoms with Gasteiger partial charge in [-0.05, 0) is 64.7 Å². The molecule has 0 aromatic rings. The van der Waals surface area contributed by atoms with E-state index < -0.39 is 0 Å². The van der Waals surface area contributed by atoms with Crippen molar-refractivity contribution in [2.45, 2.75) is 38.7 Å². The maximum absolute atomic E-state index is 5.73. The van der Waals surface area contributed by atoms with Crippen LogP contribution in [0.1, 0.15) is 32.6 Å². The number of ether oxygens (including phenoxy) is 1. The summed E-state index contributed by atoms with van der Waals surface area (Å²) in [4.78, 5) is 2.60. The maximum atomic E-state index is 5.73. The SMILES string of the molecule is CCOC1CCCN(CCC2CCNC2)C1. The van der Waals surface area contributed by atoms with Crippen molar-refractivity contribution in [1.29, 1.82) is 0 Å². The largest absolute Gasteiger partial charge is 0.377 e. The molecule has 2 aliphatic rings. The Labute approximate surface area is 99.5 Å². The fourth-order valence-electron chi connectivity index (χ4n) is 2.91. The molecular weight excluding hydrogens is 200 g/mol. The topological polar surface area (TPSA) is 24.5 Å². The van der Waals surface area contributed by atoms with Gasteiger partial charge in [0, 0.05) is 13.2 Å². The monoisotopic (exact) mass is 226 g/mol. The van der Waals surface area contributed by atoms with E-state index in [4.69, 9.17) is 4.74 Å². The van der Waals surface area contributed by atoms with Gasteiger partial charge >= 0.3 is 0 Å². The lowest BCUT2D eigenvalue weighted by Crippen LogP contribution is -2.40. The second kappa shape index (κ2) is 6.58. The second-order valence-electron chi connectivity index (χ2n) is 5.17. The van der Waals surface area contributed by atoms with Crippen molar-refractivity contribution in [3.63, 3.8) is 0 Å². The van der Waals surface area contributed by atoms with E-state index in [-0.39, 0.29) is 0 Å². The lowest BCUT2D eigenvalue weighted by molar-refractivity contribution is 0.00480. The minimum absolute atomic E-state index is 0.500. The van der Waals surface area contributed by atoms with Crippen molar-refractivity contribution < 1.29 is 4.74 Å². The maximum Gasteiger partial charge on any atom is 0.0702 e. The van der Waals surface area contributed by atoms with Crippen molar-refractivity contribution in [2.24, 2.45) is 5.92 Å². The Morgan fingerprint density at radius 2 is 2.31 bits per heavy atom. The molecule has 3 heteroatoms. The number of piperidine rings is 1. The van der Waals surface area contributed by atoms with Crippen molar-refractivity contribution in [3.8, 4) is 0 Å². The molecule has 2 rings (SSSR count). The van der Waals surface area contributed by atoms with Crippen molar-refractivity contribution >= 4 is 0 Å². The zero-order chi connectivity index (χ0) is 11.2. The normalized spacial score (nSPS) is 32.1. The number of nitrogens with zero attached hydrogens (tertiary/aromatic N) is 1. The Morgan fingerprint density at radius 3 is 3.06 bits per heavy atom. The summed E-state index contributed by atoms with van der Waals surface area (Å²) < 4.78 is 5.73. The Kier molecular flexibility index (Phi) is 5.07. The van der Waals surface area contributed by atoms with Gasteiger partial charge in [-0.25, -0.2) is 0 Å². The number of hydrogen-bond acceptors (Lipinski definition) is 3. The van der Waals surface area contributed by atoms with Crippen LogP contribution in [-0.4, -0.2) is 50.3 Å². The van der Waals surface area contributed by atoms with Gasteiger partial charge in [0.25, 0.3) is 0 Å². The first-order chi connectivity index (χ1) is 7.88. The molecule has 2 heterocycles. The molecule has 16 heavy (non-hydrogen) atoms. The quantitative estimate of drug-likeness (QED) is 0.768. The lowest BCUT2D eigenvalue weighted by atomic mass is 10.0. The van der Waals surface area contributed by atoms with Crippen LogP contribution < -0.4 is 5.32 Å². The summed E-state index contributed by atoms with van der Waals surface area (Å²) >= 11 is 0. The summed E-state index contributed by atoms with van der Waals surface area (Å²) in [5, 5.41) is 3.45. The summed E-state index contributed by atoms with van der Waals surface area (Å²) in [6.45, 7) is 9.15. The lowest BCUT2D eigenvalue weighted by Gasteiger charge is -2.32. The third kappa shape index (κ3) is 3.72. The van der Waals surface area contributed by atoms with E-state index in [2.05, 4.69) is 17.1 Å². The molecule has 0 aromatic heterocycles. The fraction of sp³-hybridized carbons (Fsp3) is 1.00. The van der Waals surface area contributed by atoms with Crippen molar-refractivity contribution in [3.05, 3.63) is 0 Å². The van der Waals surface area contributed by atoms with Gasteiger partial charge in [-0.1, -0.05) is 0 Å². The molecule has 3 nitrogen and oxygen atoms in total. The summed E-state index contributed by atoms with van der Waals surface area (Å²) in [6.07, 6.45) is 5.82. The molecule has 0 spiro atoms. The zero-order valence-corrected chi connectivity index (χ0v) is 10.6. The second-order valence-corrected chi connectivity index (χ2v) is 5.17. The molecule has 2 atom stereocenters. The molecule has 0 aromatic carbocycles. The standard InChI is InChI=1S/C13H26N2O/c1-2-16-13-4-3-8-15(11-13)9-6-12-5-7-14-10-12/h12-14H,2-11H2,1H3. The Bertz CT molecular complexity index is 190. The Morgan fingerprint density at radius 1 is 1.38 bits per heavy atom. The number of nitrogens with one attached hydrogen (secondary N) is 1. The molecule has 1 N–H and O–H groups in total. The first-order valence-electron chi connectivity index (χ1n) is 6.93. The number of rotatable bonds is 5. The summed E-state index contributed by atoms with van der Waals surface area (Å²) in [7, 11) is 0. The highest BCUT2D eigenvalue weighted by atomic mass is 16.5. The van der Waals surface area contributed by atoms with E-state index in [1.165, 1.54) is 51.9 Å². The molecule has 2 aliphatic heterocycles. The van der Waals surface area contributed by atoms with Gasteiger partial charge < -0.3 is 15.0 Å². The predicted molar refractivity (Wildman–Crippen MR) is 66.7 cm³/mol. The Hall–Kier alpha value is -0.120. The summed E-state index contributed by atoms with van der Waals surface area (Å²) in [6, 6.07) is 0. The first-order valence-corrected chi connectivity index (χ1v) is 6.93. The van der Waals surface area contributed by atoms with Crippen molar-refractivity contribution in [2.75, 3.05) is 39.3 Å². The van der Waals surface area contributed by atoms with Crippen LogP contribution in [0, 0.1) is 5.92 Å². The molecule has 0 aliphatic carbocycles. The fourth-order valence-corrected chi connectivity index (χ4v) is 2.91.